The third kappa shape index (κ3) is 2.36. The molecule has 20 heavy (non-hydrogen) atoms. The molecule has 2 nitrogen and oxygen atoms in total. The van der Waals surface area contributed by atoms with Crippen LogP contribution in [-0.2, 0) is 13.0 Å². The van der Waals surface area contributed by atoms with Gasteiger partial charge in [-0.25, -0.2) is 4.39 Å². The lowest BCUT2D eigenvalue weighted by molar-refractivity contribution is 0.425. The average Bonchev–Trinajstić information content (AvgIpc) is 2.44. The van der Waals surface area contributed by atoms with E-state index in [0.717, 1.165) is 19.4 Å². The minimum atomic E-state index is -0.552. The van der Waals surface area contributed by atoms with Crippen molar-refractivity contribution in [3.63, 3.8) is 0 Å². The van der Waals surface area contributed by atoms with Crippen LogP contribution in [0.2, 0.25) is 0 Å². The molecule has 0 aliphatic carbocycles. The molecule has 0 aromatic heterocycles. The Bertz CT molecular complexity index is 639. The number of para-hydroxylation sites is 1. The van der Waals surface area contributed by atoms with Gasteiger partial charge in [0.05, 0.1) is 0 Å². The first kappa shape index (κ1) is 13.0. The zero-order chi connectivity index (χ0) is 14.1. The lowest BCUT2D eigenvalue weighted by atomic mass is 9.99. The van der Waals surface area contributed by atoms with Crippen LogP contribution < -0.4 is 4.90 Å². The number of phenols is 1. The Morgan fingerprint density at radius 1 is 1.25 bits per heavy atom. The molecule has 3 rings (SSSR count). The zero-order valence-corrected chi connectivity index (χ0v) is 11.6. The van der Waals surface area contributed by atoms with Gasteiger partial charge in [-0.15, -0.1) is 0 Å². The lowest BCUT2D eigenvalue weighted by Gasteiger charge is -2.31. The number of fused-ring (bicyclic) bond motifs is 1. The fraction of sp³-hybridized carbons (Fsp3) is 0.294. The topological polar surface area (TPSA) is 23.5 Å². The minimum Gasteiger partial charge on any atom is -0.505 e. The van der Waals surface area contributed by atoms with Gasteiger partial charge in [-0.3, -0.25) is 0 Å². The Hall–Kier alpha value is -2.03. The van der Waals surface area contributed by atoms with E-state index in [0.29, 0.717) is 12.1 Å². The maximum absolute atomic E-state index is 13.4. The van der Waals surface area contributed by atoms with Crippen molar-refractivity contribution in [3.8, 4) is 5.75 Å². The summed E-state index contributed by atoms with van der Waals surface area (Å²) in [5.74, 6) is -0.782. The van der Waals surface area contributed by atoms with Gasteiger partial charge in [0.25, 0.3) is 0 Å². The molecule has 0 radical (unpaired) electrons. The molecule has 3 heteroatoms. The number of phenolic OH excluding ortho intramolecular Hbond substituents is 1. The van der Waals surface area contributed by atoms with Gasteiger partial charge in [-0.1, -0.05) is 29.8 Å². The van der Waals surface area contributed by atoms with E-state index in [1.807, 2.05) is 0 Å². The van der Waals surface area contributed by atoms with Crippen molar-refractivity contribution in [1.82, 2.24) is 0 Å². The summed E-state index contributed by atoms with van der Waals surface area (Å²) in [6.45, 7) is 3.57. The molecular weight excluding hydrogens is 253 g/mol. The molecular formula is C17H18FNO. The molecule has 2 aromatic rings. The number of nitrogens with zero attached hydrogens (tertiary/aromatic N) is 1. The molecule has 0 amide bonds. The Labute approximate surface area is 118 Å². The summed E-state index contributed by atoms with van der Waals surface area (Å²) in [4.78, 5) is 2.22. The molecule has 104 valence electrons. The van der Waals surface area contributed by atoms with E-state index >= 15 is 0 Å². The number of aryl methyl sites for hydroxylation is 2. The fourth-order valence-electron chi connectivity index (χ4n) is 2.86. The molecule has 1 aliphatic rings. The first-order valence-electron chi connectivity index (χ1n) is 6.96. The van der Waals surface area contributed by atoms with Crippen LogP contribution in [0.5, 0.6) is 5.75 Å². The van der Waals surface area contributed by atoms with E-state index in [4.69, 9.17) is 0 Å². The number of hydrogen-bond donors (Lipinski definition) is 1. The number of hydrogen-bond acceptors (Lipinski definition) is 2. The quantitative estimate of drug-likeness (QED) is 0.898. The van der Waals surface area contributed by atoms with Gasteiger partial charge in [0.1, 0.15) is 0 Å². The van der Waals surface area contributed by atoms with E-state index in [9.17, 15) is 9.50 Å². The molecule has 0 spiro atoms. The van der Waals surface area contributed by atoms with Crippen molar-refractivity contribution in [3.05, 3.63) is 58.9 Å². The molecule has 2 aromatic carbocycles. The lowest BCUT2D eigenvalue weighted by Crippen LogP contribution is -2.28. The normalized spacial score (nSPS) is 14.2. The molecule has 1 heterocycles. The number of aromatic hydroxyl groups is 1. The second kappa shape index (κ2) is 5.16. The van der Waals surface area contributed by atoms with Crippen molar-refractivity contribution in [2.45, 2.75) is 26.3 Å². The summed E-state index contributed by atoms with van der Waals surface area (Å²) in [6, 6.07) is 11.1. The molecule has 0 saturated heterocycles. The van der Waals surface area contributed by atoms with Crippen LogP contribution in [0.3, 0.4) is 0 Å². The van der Waals surface area contributed by atoms with Crippen molar-refractivity contribution in [2.24, 2.45) is 0 Å². The van der Waals surface area contributed by atoms with E-state index < -0.39 is 5.82 Å². The van der Waals surface area contributed by atoms with Gasteiger partial charge in [0, 0.05) is 24.3 Å². The van der Waals surface area contributed by atoms with E-state index in [-0.39, 0.29) is 5.75 Å². The second-order valence-corrected chi connectivity index (χ2v) is 5.40. The predicted octanol–water partition coefficient (Wildman–Crippen LogP) is 3.79. The summed E-state index contributed by atoms with van der Waals surface area (Å²) in [7, 11) is 0. The van der Waals surface area contributed by atoms with Crippen LogP contribution in [0.25, 0.3) is 0 Å². The highest BCUT2D eigenvalue weighted by molar-refractivity contribution is 5.57. The monoisotopic (exact) mass is 271 g/mol. The number of rotatable bonds is 2. The van der Waals surface area contributed by atoms with Crippen LogP contribution in [0, 0.1) is 12.7 Å². The summed E-state index contributed by atoms with van der Waals surface area (Å²) in [5.41, 5.74) is 4.44. The highest BCUT2D eigenvalue weighted by Gasteiger charge is 2.18. The summed E-state index contributed by atoms with van der Waals surface area (Å²) >= 11 is 0. The standard InChI is InChI=1S/C17H18FNO/c1-12-7-8-16-13(10-12)5-3-9-19(16)11-14-4-2-6-15(18)17(14)20/h2,4,6-8,10,20H,3,5,9,11H2,1H3. The van der Waals surface area contributed by atoms with E-state index in [1.54, 1.807) is 12.1 Å². The summed E-state index contributed by atoms with van der Waals surface area (Å²) in [5, 5.41) is 9.82. The Kier molecular flexibility index (Phi) is 3.35. The van der Waals surface area contributed by atoms with Crippen LogP contribution in [0.4, 0.5) is 10.1 Å². The zero-order valence-electron chi connectivity index (χ0n) is 11.6. The van der Waals surface area contributed by atoms with Gasteiger partial charge < -0.3 is 10.0 Å². The number of halogens is 1. The van der Waals surface area contributed by atoms with E-state index in [2.05, 4.69) is 30.0 Å². The third-order valence-electron chi connectivity index (χ3n) is 3.88. The maximum Gasteiger partial charge on any atom is 0.165 e. The highest BCUT2D eigenvalue weighted by Crippen LogP contribution is 2.31. The molecule has 0 fully saturated rings. The van der Waals surface area contributed by atoms with Gasteiger partial charge in [-0.2, -0.15) is 0 Å². The Morgan fingerprint density at radius 3 is 2.95 bits per heavy atom. The van der Waals surface area contributed by atoms with Gasteiger partial charge in [0.15, 0.2) is 11.6 Å². The molecule has 0 atom stereocenters. The number of anilines is 1. The van der Waals surface area contributed by atoms with Crippen LogP contribution in [-0.4, -0.2) is 11.7 Å². The first-order chi connectivity index (χ1) is 9.65. The fourth-order valence-corrected chi connectivity index (χ4v) is 2.86. The Morgan fingerprint density at radius 2 is 2.10 bits per heavy atom. The molecule has 0 bridgehead atoms. The summed E-state index contributed by atoms with van der Waals surface area (Å²) in [6.07, 6.45) is 2.18. The second-order valence-electron chi connectivity index (χ2n) is 5.40. The predicted molar refractivity (Wildman–Crippen MR) is 78.6 cm³/mol. The smallest absolute Gasteiger partial charge is 0.165 e. The van der Waals surface area contributed by atoms with Gasteiger partial charge in [-0.05, 0) is 37.5 Å². The van der Waals surface area contributed by atoms with Crippen molar-refractivity contribution < 1.29 is 9.50 Å². The largest absolute Gasteiger partial charge is 0.505 e. The summed E-state index contributed by atoms with van der Waals surface area (Å²) < 4.78 is 13.4. The molecule has 1 aliphatic heterocycles. The van der Waals surface area contributed by atoms with Crippen LogP contribution in [0.1, 0.15) is 23.1 Å². The van der Waals surface area contributed by atoms with Crippen molar-refractivity contribution in [2.75, 3.05) is 11.4 Å². The van der Waals surface area contributed by atoms with Crippen LogP contribution >= 0.6 is 0 Å². The minimum absolute atomic E-state index is 0.230. The third-order valence-corrected chi connectivity index (χ3v) is 3.88. The van der Waals surface area contributed by atoms with Gasteiger partial charge >= 0.3 is 0 Å². The molecule has 1 N–H and O–H groups in total. The van der Waals surface area contributed by atoms with Crippen molar-refractivity contribution in [1.29, 1.82) is 0 Å². The SMILES string of the molecule is Cc1ccc2c(c1)CCCN2Cc1cccc(F)c1O. The average molecular weight is 271 g/mol. The molecule has 0 unspecified atom stereocenters. The Balaban J connectivity index is 1.91. The molecule has 0 saturated carbocycles. The maximum atomic E-state index is 13.4. The van der Waals surface area contributed by atoms with E-state index in [1.165, 1.54) is 22.9 Å². The first-order valence-corrected chi connectivity index (χ1v) is 6.96. The van der Waals surface area contributed by atoms with Crippen LogP contribution in [0.15, 0.2) is 36.4 Å². The van der Waals surface area contributed by atoms with Crippen molar-refractivity contribution >= 4 is 5.69 Å². The number of benzene rings is 2. The highest BCUT2D eigenvalue weighted by atomic mass is 19.1. The van der Waals surface area contributed by atoms with Gasteiger partial charge in [0.2, 0.25) is 0 Å².